The van der Waals surface area contributed by atoms with E-state index >= 15 is 0 Å². The highest BCUT2D eigenvalue weighted by Crippen LogP contribution is 2.28. The second kappa shape index (κ2) is 5.98. The van der Waals surface area contributed by atoms with Crippen LogP contribution in [0.3, 0.4) is 0 Å². The predicted molar refractivity (Wildman–Crippen MR) is 68.2 cm³/mol. The zero-order valence-corrected chi connectivity index (χ0v) is 10.5. The van der Waals surface area contributed by atoms with Gasteiger partial charge in [0.2, 0.25) is 5.91 Å². The second-order valence-electron chi connectivity index (χ2n) is 3.92. The zero-order valence-electron chi connectivity index (χ0n) is 9.70. The van der Waals surface area contributed by atoms with Gasteiger partial charge in [-0.05, 0) is 31.2 Å². The molecule has 0 aliphatic carbocycles. The SMILES string of the molecule is CNCCC(=O)N1CCc2ccc(F)cc21.Cl. The molecular weight excluding hydrogens is 243 g/mol. The number of carbonyl (C=O) groups excluding carboxylic acids is 1. The van der Waals surface area contributed by atoms with E-state index in [-0.39, 0.29) is 24.1 Å². The molecule has 0 aromatic heterocycles. The average molecular weight is 259 g/mol. The predicted octanol–water partition coefficient (Wildman–Crippen LogP) is 1.75. The number of rotatable bonds is 3. The molecular formula is C12H16ClFN2O. The third-order valence-electron chi connectivity index (χ3n) is 2.83. The Morgan fingerprint density at radius 1 is 1.53 bits per heavy atom. The summed E-state index contributed by atoms with van der Waals surface area (Å²) in [5.74, 6) is -0.231. The van der Waals surface area contributed by atoms with E-state index < -0.39 is 0 Å². The van der Waals surface area contributed by atoms with Crippen molar-refractivity contribution in [3.63, 3.8) is 0 Å². The van der Waals surface area contributed by atoms with Crippen LogP contribution < -0.4 is 10.2 Å². The summed E-state index contributed by atoms with van der Waals surface area (Å²) in [6.07, 6.45) is 1.27. The summed E-state index contributed by atoms with van der Waals surface area (Å²) in [6, 6.07) is 4.65. The van der Waals surface area contributed by atoms with Crippen LogP contribution in [0.4, 0.5) is 10.1 Å². The van der Waals surface area contributed by atoms with Crippen LogP contribution in [0.2, 0.25) is 0 Å². The maximum atomic E-state index is 13.1. The van der Waals surface area contributed by atoms with E-state index in [2.05, 4.69) is 5.32 Å². The minimum Gasteiger partial charge on any atom is -0.319 e. The second-order valence-corrected chi connectivity index (χ2v) is 3.92. The number of amides is 1. The fourth-order valence-corrected chi connectivity index (χ4v) is 1.98. The average Bonchev–Trinajstić information content (AvgIpc) is 2.68. The first-order valence-electron chi connectivity index (χ1n) is 5.46. The molecule has 1 amide bonds. The smallest absolute Gasteiger partial charge is 0.228 e. The van der Waals surface area contributed by atoms with Gasteiger partial charge < -0.3 is 10.2 Å². The molecule has 0 atom stereocenters. The molecule has 0 fully saturated rings. The molecule has 1 aliphatic heterocycles. The molecule has 1 N–H and O–H groups in total. The van der Waals surface area contributed by atoms with E-state index in [0.717, 1.165) is 17.7 Å². The molecule has 3 nitrogen and oxygen atoms in total. The molecule has 0 spiro atoms. The van der Waals surface area contributed by atoms with Crippen LogP contribution >= 0.6 is 12.4 Å². The van der Waals surface area contributed by atoms with Gasteiger partial charge in [0.25, 0.3) is 0 Å². The largest absolute Gasteiger partial charge is 0.319 e. The number of fused-ring (bicyclic) bond motifs is 1. The summed E-state index contributed by atoms with van der Waals surface area (Å²) in [6.45, 7) is 1.32. The summed E-state index contributed by atoms with van der Waals surface area (Å²) < 4.78 is 13.1. The van der Waals surface area contributed by atoms with Crippen LogP contribution in [0.25, 0.3) is 0 Å². The van der Waals surface area contributed by atoms with Crippen molar-refractivity contribution in [3.8, 4) is 0 Å². The van der Waals surface area contributed by atoms with Crippen LogP contribution in [0, 0.1) is 5.82 Å². The van der Waals surface area contributed by atoms with Gasteiger partial charge in [0.1, 0.15) is 5.82 Å². The Balaban J connectivity index is 0.00000144. The number of hydrogen-bond donors (Lipinski definition) is 1. The van der Waals surface area contributed by atoms with Gasteiger partial charge in [0.15, 0.2) is 0 Å². The van der Waals surface area contributed by atoms with Crippen molar-refractivity contribution < 1.29 is 9.18 Å². The quantitative estimate of drug-likeness (QED) is 0.896. The van der Waals surface area contributed by atoms with Gasteiger partial charge in [-0.1, -0.05) is 6.07 Å². The van der Waals surface area contributed by atoms with E-state index in [0.29, 0.717) is 19.5 Å². The van der Waals surface area contributed by atoms with Crippen molar-refractivity contribution >= 4 is 24.0 Å². The third kappa shape index (κ3) is 2.96. The maximum absolute atomic E-state index is 13.1. The summed E-state index contributed by atoms with van der Waals surface area (Å²) >= 11 is 0. The molecule has 0 bridgehead atoms. The molecule has 0 unspecified atom stereocenters. The minimum atomic E-state index is -0.285. The minimum absolute atomic E-state index is 0. The summed E-state index contributed by atoms with van der Waals surface area (Å²) in [4.78, 5) is 13.5. The maximum Gasteiger partial charge on any atom is 0.228 e. The van der Waals surface area contributed by atoms with Crippen molar-refractivity contribution in [2.24, 2.45) is 0 Å². The molecule has 0 saturated heterocycles. The van der Waals surface area contributed by atoms with Gasteiger partial charge in [-0.25, -0.2) is 4.39 Å². The fourth-order valence-electron chi connectivity index (χ4n) is 1.98. The van der Waals surface area contributed by atoms with Crippen molar-refractivity contribution in [2.45, 2.75) is 12.8 Å². The van der Waals surface area contributed by atoms with Gasteiger partial charge in [0.05, 0.1) is 0 Å². The molecule has 17 heavy (non-hydrogen) atoms. The molecule has 0 radical (unpaired) electrons. The van der Waals surface area contributed by atoms with Crippen LogP contribution in [-0.2, 0) is 11.2 Å². The van der Waals surface area contributed by atoms with E-state index in [4.69, 9.17) is 0 Å². The van der Waals surface area contributed by atoms with Gasteiger partial charge in [-0.3, -0.25) is 4.79 Å². The zero-order chi connectivity index (χ0) is 11.5. The highest BCUT2D eigenvalue weighted by molar-refractivity contribution is 5.95. The van der Waals surface area contributed by atoms with E-state index in [1.807, 2.05) is 7.05 Å². The van der Waals surface area contributed by atoms with Crippen molar-refractivity contribution in [3.05, 3.63) is 29.6 Å². The van der Waals surface area contributed by atoms with Crippen LogP contribution in [0.15, 0.2) is 18.2 Å². The Kier molecular flexibility index (Phi) is 4.90. The van der Waals surface area contributed by atoms with Gasteiger partial charge in [-0.15, -0.1) is 12.4 Å². The number of anilines is 1. The lowest BCUT2D eigenvalue weighted by Crippen LogP contribution is -2.31. The number of benzene rings is 1. The normalized spacial score (nSPS) is 13.2. The van der Waals surface area contributed by atoms with Crippen molar-refractivity contribution in [1.29, 1.82) is 0 Å². The van der Waals surface area contributed by atoms with E-state index in [1.165, 1.54) is 12.1 Å². The topological polar surface area (TPSA) is 32.3 Å². The van der Waals surface area contributed by atoms with Crippen LogP contribution in [0.5, 0.6) is 0 Å². The number of carbonyl (C=O) groups is 1. The lowest BCUT2D eigenvalue weighted by molar-refractivity contribution is -0.118. The van der Waals surface area contributed by atoms with Gasteiger partial charge >= 0.3 is 0 Å². The Morgan fingerprint density at radius 3 is 3.00 bits per heavy atom. The van der Waals surface area contributed by atoms with Gasteiger partial charge in [-0.2, -0.15) is 0 Å². The molecule has 1 heterocycles. The standard InChI is InChI=1S/C12H15FN2O.ClH/c1-14-6-4-12(16)15-7-5-9-2-3-10(13)8-11(9)15;/h2-3,8,14H,4-7H2,1H3;1H. The highest BCUT2D eigenvalue weighted by Gasteiger charge is 2.24. The number of nitrogens with zero attached hydrogens (tertiary/aromatic N) is 1. The number of halogens is 2. The highest BCUT2D eigenvalue weighted by atomic mass is 35.5. The monoisotopic (exact) mass is 258 g/mol. The number of hydrogen-bond acceptors (Lipinski definition) is 2. The first kappa shape index (κ1) is 13.9. The van der Waals surface area contributed by atoms with E-state index in [9.17, 15) is 9.18 Å². The fraction of sp³-hybridized carbons (Fsp3) is 0.417. The van der Waals surface area contributed by atoms with Crippen LogP contribution in [-0.4, -0.2) is 26.0 Å². The first-order chi connectivity index (χ1) is 7.72. The Bertz CT molecular complexity index is 411. The summed E-state index contributed by atoms with van der Waals surface area (Å²) in [7, 11) is 1.81. The van der Waals surface area contributed by atoms with Crippen molar-refractivity contribution in [1.82, 2.24) is 5.32 Å². The van der Waals surface area contributed by atoms with Gasteiger partial charge in [0, 0.05) is 25.2 Å². The number of nitrogens with one attached hydrogen (secondary N) is 1. The molecule has 94 valence electrons. The van der Waals surface area contributed by atoms with E-state index in [1.54, 1.807) is 11.0 Å². The third-order valence-corrected chi connectivity index (χ3v) is 2.83. The Labute approximate surface area is 106 Å². The Hall–Kier alpha value is -1.13. The molecule has 1 aromatic carbocycles. The molecule has 5 heteroatoms. The molecule has 0 saturated carbocycles. The Morgan fingerprint density at radius 2 is 2.29 bits per heavy atom. The first-order valence-corrected chi connectivity index (χ1v) is 5.46. The molecule has 2 rings (SSSR count). The summed E-state index contributed by atoms with van der Waals surface area (Å²) in [5.41, 5.74) is 1.79. The summed E-state index contributed by atoms with van der Waals surface area (Å²) in [5, 5.41) is 2.94. The molecule has 1 aromatic rings. The van der Waals surface area contributed by atoms with Crippen LogP contribution in [0.1, 0.15) is 12.0 Å². The molecule has 1 aliphatic rings. The lowest BCUT2D eigenvalue weighted by Gasteiger charge is -2.17. The van der Waals surface area contributed by atoms with Crippen molar-refractivity contribution in [2.75, 3.05) is 25.0 Å². The lowest BCUT2D eigenvalue weighted by atomic mass is 10.2.